The molecule has 2 aromatic rings. The van der Waals surface area contributed by atoms with Crippen LogP contribution in [0.3, 0.4) is 0 Å². The monoisotopic (exact) mass is 270 g/mol. The van der Waals surface area contributed by atoms with Crippen molar-refractivity contribution in [2.24, 2.45) is 0 Å². The van der Waals surface area contributed by atoms with Crippen molar-refractivity contribution in [3.05, 3.63) is 53.9 Å². The summed E-state index contributed by atoms with van der Waals surface area (Å²) >= 11 is 0. The Labute approximate surface area is 121 Å². The first-order valence-corrected chi connectivity index (χ1v) is 7.10. The predicted molar refractivity (Wildman–Crippen MR) is 82.2 cm³/mol. The van der Waals surface area contributed by atoms with Crippen LogP contribution >= 0.6 is 0 Å². The second kappa shape index (κ2) is 7.06. The number of benzene rings is 1. The highest BCUT2D eigenvalue weighted by molar-refractivity contribution is 5.39. The third-order valence-corrected chi connectivity index (χ3v) is 3.44. The molecular weight excluding hydrogens is 248 g/mol. The molecule has 0 aliphatic rings. The maximum absolute atomic E-state index is 6.03. The van der Waals surface area contributed by atoms with Crippen LogP contribution in [0.25, 0.3) is 0 Å². The van der Waals surface area contributed by atoms with Gasteiger partial charge >= 0.3 is 0 Å². The van der Waals surface area contributed by atoms with Gasteiger partial charge in [-0.2, -0.15) is 0 Å². The Balaban J connectivity index is 2.23. The summed E-state index contributed by atoms with van der Waals surface area (Å²) in [6, 6.07) is 10.2. The molecule has 0 spiro atoms. The number of ether oxygens (including phenoxy) is 1. The van der Waals surface area contributed by atoms with Gasteiger partial charge in [0.2, 0.25) is 0 Å². The zero-order valence-corrected chi connectivity index (χ0v) is 12.4. The summed E-state index contributed by atoms with van der Waals surface area (Å²) in [6.07, 6.45) is 4.70. The van der Waals surface area contributed by atoms with Crippen LogP contribution in [0.2, 0.25) is 0 Å². The van der Waals surface area contributed by atoms with E-state index in [4.69, 9.17) is 4.74 Å². The minimum atomic E-state index is 0.486. The van der Waals surface area contributed by atoms with Crippen molar-refractivity contribution in [3.63, 3.8) is 0 Å². The van der Waals surface area contributed by atoms with Crippen molar-refractivity contribution in [2.45, 2.75) is 32.7 Å². The van der Waals surface area contributed by atoms with Crippen molar-refractivity contribution in [2.75, 3.05) is 7.05 Å². The van der Waals surface area contributed by atoms with Crippen LogP contribution < -0.4 is 10.1 Å². The molecule has 0 aliphatic heterocycles. The maximum Gasteiger partial charge on any atom is 0.146 e. The maximum atomic E-state index is 6.03. The predicted octanol–water partition coefficient (Wildman–Crippen LogP) is 4.11. The zero-order chi connectivity index (χ0) is 14.4. The van der Waals surface area contributed by atoms with Crippen molar-refractivity contribution in [1.82, 2.24) is 10.3 Å². The number of rotatable bonds is 6. The minimum Gasteiger partial charge on any atom is -0.455 e. The van der Waals surface area contributed by atoms with Crippen LogP contribution in [0.4, 0.5) is 0 Å². The minimum absolute atomic E-state index is 0.486. The molecule has 0 saturated heterocycles. The lowest BCUT2D eigenvalue weighted by Crippen LogP contribution is -2.05. The molecule has 2 rings (SSSR count). The zero-order valence-electron chi connectivity index (χ0n) is 12.4. The fraction of sp³-hybridized carbons (Fsp3) is 0.353. The second-order valence-electron chi connectivity index (χ2n) is 5.01. The summed E-state index contributed by atoms with van der Waals surface area (Å²) in [7, 11) is 1.92. The van der Waals surface area contributed by atoms with Gasteiger partial charge in [-0.1, -0.05) is 32.0 Å². The summed E-state index contributed by atoms with van der Waals surface area (Å²) in [5.74, 6) is 2.19. The number of nitrogens with zero attached hydrogens (tertiary/aromatic N) is 1. The van der Waals surface area contributed by atoms with Crippen LogP contribution in [0.15, 0.2) is 42.7 Å². The van der Waals surface area contributed by atoms with Gasteiger partial charge in [-0.15, -0.1) is 0 Å². The molecular formula is C17H22N2O. The van der Waals surface area contributed by atoms with E-state index < -0.39 is 0 Å². The molecule has 1 unspecified atom stereocenters. The number of nitrogens with one attached hydrogen (secondary N) is 1. The fourth-order valence-corrected chi connectivity index (χ4v) is 2.15. The number of hydrogen-bond donors (Lipinski definition) is 1. The van der Waals surface area contributed by atoms with Gasteiger partial charge in [0, 0.05) is 12.7 Å². The van der Waals surface area contributed by atoms with Gasteiger partial charge in [-0.25, -0.2) is 0 Å². The first-order valence-electron chi connectivity index (χ1n) is 7.10. The molecule has 20 heavy (non-hydrogen) atoms. The van der Waals surface area contributed by atoms with E-state index in [0.717, 1.165) is 30.0 Å². The first kappa shape index (κ1) is 14.5. The highest BCUT2D eigenvalue weighted by Crippen LogP contribution is 2.31. The molecule has 106 valence electrons. The Morgan fingerprint density at radius 2 is 2.05 bits per heavy atom. The van der Waals surface area contributed by atoms with Gasteiger partial charge in [-0.05, 0) is 42.6 Å². The molecule has 0 fully saturated rings. The Morgan fingerprint density at radius 3 is 2.80 bits per heavy atom. The van der Waals surface area contributed by atoms with Crippen molar-refractivity contribution < 1.29 is 4.74 Å². The van der Waals surface area contributed by atoms with E-state index in [-0.39, 0.29) is 0 Å². The van der Waals surface area contributed by atoms with Crippen LogP contribution in [0.5, 0.6) is 11.5 Å². The summed E-state index contributed by atoms with van der Waals surface area (Å²) in [4.78, 5) is 4.23. The lowest BCUT2D eigenvalue weighted by Gasteiger charge is -2.15. The van der Waals surface area contributed by atoms with Crippen LogP contribution in [-0.4, -0.2) is 12.0 Å². The first-order chi connectivity index (χ1) is 9.74. The van der Waals surface area contributed by atoms with Gasteiger partial charge in [0.05, 0.1) is 6.20 Å². The van der Waals surface area contributed by atoms with Crippen LogP contribution in [-0.2, 0) is 6.54 Å². The fourth-order valence-electron chi connectivity index (χ4n) is 2.15. The van der Waals surface area contributed by atoms with Crippen LogP contribution in [0, 0.1) is 0 Å². The number of para-hydroxylation sites is 1. The Kier molecular flexibility index (Phi) is 5.13. The van der Waals surface area contributed by atoms with Crippen LogP contribution in [0.1, 0.15) is 37.3 Å². The largest absolute Gasteiger partial charge is 0.455 e. The van der Waals surface area contributed by atoms with E-state index in [1.54, 1.807) is 6.20 Å². The van der Waals surface area contributed by atoms with Crippen molar-refractivity contribution >= 4 is 0 Å². The Morgan fingerprint density at radius 1 is 1.25 bits per heavy atom. The third-order valence-electron chi connectivity index (χ3n) is 3.44. The SMILES string of the molecule is CCC(C)c1ccccc1Oc1cncc(CNC)c1. The van der Waals surface area contributed by atoms with E-state index in [0.29, 0.717) is 5.92 Å². The van der Waals surface area contributed by atoms with E-state index in [1.807, 2.05) is 31.4 Å². The lowest BCUT2D eigenvalue weighted by atomic mass is 9.98. The van der Waals surface area contributed by atoms with Gasteiger partial charge < -0.3 is 10.1 Å². The molecule has 1 atom stereocenters. The molecule has 0 amide bonds. The van der Waals surface area contributed by atoms with Gasteiger partial charge in [0.1, 0.15) is 11.5 Å². The Hall–Kier alpha value is -1.87. The number of hydrogen-bond acceptors (Lipinski definition) is 3. The smallest absolute Gasteiger partial charge is 0.146 e. The Bertz CT molecular complexity index is 554. The molecule has 0 saturated carbocycles. The summed E-state index contributed by atoms with van der Waals surface area (Å²) < 4.78 is 6.03. The molecule has 0 bridgehead atoms. The molecule has 3 heteroatoms. The van der Waals surface area contributed by atoms with Gasteiger partial charge in [0.15, 0.2) is 0 Å². The van der Waals surface area contributed by atoms with Gasteiger partial charge in [0.25, 0.3) is 0 Å². The van der Waals surface area contributed by atoms with E-state index in [1.165, 1.54) is 5.56 Å². The van der Waals surface area contributed by atoms with Crippen molar-refractivity contribution in [1.29, 1.82) is 0 Å². The highest BCUT2D eigenvalue weighted by Gasteiger charge is 2.10. The topological polar surface area (TPSA) is 34.1 Å². The number of pyridine rings is 1. The quantitative estimate of drug-likeness (QED) is 0.857. The normalized spacial score (nSPS) is 12.2. The molecule has 1 N–H and O–H groups in total. The van der Waals surface area contributed by atoms with E-state index in [9.17, 15) is 0 Å². The molecule has 1 heterocycles. The summed E-state index contributed by atoms with van der Waals surface area (Å²) in [5, 5.41) is 3.12. The average molecular weight is 270 g/mol. The summed E-state index contributed by atoms with van der Waals surface area (Å²) in [5.41, 5.74) is 2.36. The summed E-state index contributed by atoms with van der Waals surface area (Å²) in [6.45, 7) is 5.20. The van der Waals surface area contributed by atoms with Gasteiger partial charge in [-0.3, -0.25) is 4.98 Å². The van der Waals surface area contributed by atoms with Crippen molar-refractivity contribution in [3.8, 4) is 11.5 Å². The average Bonchev–Trinajstić information content (AvgIpc) is 2.48. The highest BCUT2D eigenvalue weighted by atomic mass is 16.5. The van der Waals surface area contributed by atoms with E-state index >= 15 is 0 Å². The lowest BCUT2D eigenvalue weighted by molar-refractivity contribution is 0.467. The molecule has 0 radical (unpaired) electrons. The molecule has 0 aliphatic carbocycles. The molecule has 1 aromatic heterocycles. The molecule has 3 nitrogen and oxygen atoms in total. The number of aromatic nitrogens is 1. The van der Waals surface area contributed by atoms with E-state index in [2.05, 4.69) is 36.3 Å². The second-order valence-corrected chi connectivity index (χ2v) is 5.01. The standard InChI is InChI=1S/C17H22N2O/c1-4-13(2)16-7-5-6-8-17(16)20-15-9-14(10-18-3)11-19-12-15/h5-9,11-13,18H,4,10H2,1-3H3. The third kappa shape index (κ3) is 3.58. The molecule has 1 aromatic carbocycles.